The van der Waals surface area contributed by atoms with Crippen molar-refractivity contribution >= 4 is 10.2 Å². The first-order valence-electron chi connectivity index (χ1n) is 5.25. The molecule has 0 aliphatic heterocycles. The molecular weight excluding hydrogens is 216 g/mol. The monoisotopic (exact) mass is 238 g/mol. The third-order valence-corrected chi connectivity index (χ3v) is 3.97. The predicted octanol–water partition coefficient (Wildman–Crippen LogP) is 0.324. The van der Waals surface area contributed by atoms with E-state index >= 15 is 0 Å². The zero-order valence-electron chi connectivity index (χ0n) is 9.73. The number of aliphatic hydroxyl groups excluding tert-OH is 1. The van der Waals surface area contributed by atoms with Crippen LogP contribution in [0.4, 0.5) is 0 Å². The lowest BCUT2D eigenvalue weighted by atomic mass is 10.2. The molecule has 2 N–H and O–H groups in total. The second kappa shape index (κ2) is 7.16. The molecule has 0 aromatic heterocycles. The first-order chi connectivity index (χ1) is 6.91. The summed E-state index contributed by atoms with van der Waals surface area (Å²) >= 11 is 0. The summed E-state index contributed by atoms with van der Waals surface area (Å²) in [6, 6.07) is -0.0417. The highest BCUT2D eigenvalue weighted by atomic mass is 32.2. The minimum Gasteiger partial charge on any atom is -0.396 e. The molecule has 6 heteroatoms. The van der Waals surface area contributed by atoms with Gasteiger partial charge in [0.2, 0.25) is 0 Å². The second-order valence-electron chi connectivity index (χ2n) is 3.79. The van der Waals surface area contributed by atoms with Gasteiger partial charge in [0.15, 0.2) is 0 Å². The van der Waals surface area contributed by atoms with E-state index in [-0.39, 0.29) is 12.6 Å². The molecule has 0 amide bonds. The van der Waals surface area contributed by atoms with E-state index in [0.29, 0.717) is 6.54 Å². The fourth-order valence-corrected chi connectivity index (χ4v) is 2.16. The van der Waals surface area contributed by atoms with Crippen molar-refractivity contribution in [2.45, 2.75) is 39.2 Å². The molecule has 0 heterocycles. The Labute approximate surface area is 92.7 Å². The Bertz CT molecular complexity index is 252. The van der Waals surface area contributed by atoms with Gasteiger partial charge in [-0.2, -0.15) is 12.7 Å². The van der Waals surface area contributed by atoms with Gasteiger partial charge in [0.1, 0.15) is 0 Å². The van der Waals surface area contributed by atoms with E-state index in [0.717, 1.165) is 19.3 Å². The topological polar surface area (TPSA) is 69.6 Å². The molecule has 0 saturated carbocycles. The number of hydrogen-bond acceptors (Lipinski definition) is 3. The van der Waals surface area contributed by atoms with Crippen LogP contribution in [0.25, 0.3) is 0 Å². The van der Waals surface area contributed by atoms with Crippen LogP contribution in [0.1, 0.15) is 33.1 Å². The molecular formula is C9H22N2O3S. The van der Waals surface area contributed by atoms with Crippen molar-refractivity contribution in [3.05, 3.63) is 0 Å². The molecule has 0 rings (SSSR count). The maximum absolute atomic E-state index is 11.6. The van der Waals surface area contributed by atoms with Crippen molar-refractivity contribution < 1.29 is 13.5 Å². The normalized spacial score (nSPS) is 12.7. The van der Waals surface area contributed by atoms with E-state index in [2.05, 4.69) is 4.72 Å². The third kappa shape index (κ3) is 6.09. The van der Waals surface area contributed by atoms with Gasteiger partial charge in [-0.1, -0.05) is 0 Å². The van der Waals surface area contributed by atoms with Gasteiger partial charge in [-0.15, -0.1) is 0 Å². The third-order valence-electron chi connectivity index (χ3n) is 2.23. The lowest BCUT2D eigenvalue weighted by Crippen LogP contribution is -2.42. The summed E-state index contributed by atoms with van der Waals surface area (Å²) in [6.45, 7) is 4.24. The smallest absolute Gasteiger partial charge is 0.279 e. The summed E-state index contributed by atoms with van der Waals surface area (Å²) in [5, 5.41) is 8.54. The largest absolute Gasteiger partial charge is 0.396 e. The van der Waals surface area contributed by atoms with Crippen molar-refractivity contribution in [3.63, 3.8) is 0 Å². The molecule has 0 aliphatic rings. The Balaban J connectivity index is 3.85. The molecule has 5 nitrogen and oxygen atoms in total. The number of unbranched alkanes of at least 4 members (excludes halogenated alkanes) is 2. The summed E-state index contributed by atoms with van der Waals surface area (Å²) in [4.78, 5) is 0. The van der Waals surface area contributed by atoms with Gasteiger partial charge < -0.3 is 5.11 Å². The lowest BCUT2D eigenvalue weighted by Gasteiger charge is -2.21. The highest BCUT2D eigenvalue weighted by molar-refractivity contribution is 7.87. The van der Waals surface area contributed by atoms with Crippen molar-refractivity contribution in [3.8, 4) is 0 Å². The highest BCUT2D eigenvalue weighted by Crippen LogP contribution is 2.01. The molecule has 0 bridgehead atoms. The van der Waals surface area contributed by atoms with Gasteiger partial charge in [-0.3, -0.25) is 0 Å². The van der Waals surface area contributed by atoms with Crippen LogP contribution < -0.4 is 4.72 Å². The molecule has 0 unspecified atom stereocenters. The standard InChI is InChI=1S/C9H22N2O3S/c1-9(2)11(3)15(13,14)10-7-5-4-6-8-12/h9-10,12H,4-8H2,1-3H3. The zero-order valence-corrected chi connectivity index (χ0v) is 10.5. The van der Waals surface area contributed by atoms with Crippen molar-refractivity contribution in [1.29, 1.82) is 0 Å². The molecule has 0 fully saturated rings. The fourth-order valence-electron chi connectivity index (χ4n) is 0.994. The number of nitrogens with zero attached hydrogens (tertiary/aromatic N) is 1. The van der Waals surface area contributed by atoms with E-state index < -0.39 is 10.2 Å². The molecule has 0 radical (unpaired) electrons. The highest BCUT2D eigenvalue weighted by Gasteiger charge is 2.18. The van der Waals surface area contributed by atoms with Crippen molar-refractivity contribution in [2.24, 2.45) is 0 Å². The Hall–Kier alpha value is -0.170. The fraction of sp³-hybridized carbons (Fsp3) is 1.00. The first-order valence-corrected chi connectivity index (χ1v) is 6.69. The van der Waals surface area contributed by atoms with E-state index in [1.165, 1.54) is 4.31 Å². The number of rotatable bonds is 8. The van der Waals surface area contributed by atoms with Crippen molar-refractivity contribution in [2.75, 3.05) is 20.2 Å². The number of nitrogens with one attached hydrogen (secondary N) is 1. The molecule has 0 spiro atoms. The van der Waals surface area contributed by atoms with E-state index in [1.807, 2.05) is 13.8 Å². The molecule has 0 aliphatic carbocycles. The summed E-state index contributed by atoms with van der Waals surface area (Å²) in [5.41, 5.74) is 0. The van der Waals surface area contributed by atoms with Crippen LogP contribution in [0.2, 0.25) is 0 Å². The van der Waals surface area contributed by atoms with Crippen LogP contribution in [-0.2, 0) is 10.2 Å². The van der Waals surface area contributed by atoms with Crippen molar-refractivity contribution in [1.82, 2.24) is 9.03 Å². The van der Waals surface area contributed by atoms with Gasteiger partial charge in [0, 0.05) is 26.2 Å². The summed E-state index contributed by atoms with van der Waals surface area (Å²) < 4.78 is 27.0. The van der Waals surface area contributed by atoms with E-state index in [9.17, 15) is 8.42 Å². The summed E-state index contributed by atoms with van der Waals surface area (Å²) in [7, 11) is -1.77. The van der Waals surface area contributed by atoms with Gasteiger partial charge in [-0.05, 0) is 33.1 Å². The maximum atomic E-state index is 11.6. The minimum atomic E-state index is -3.33. The SMILES string of the molecule is CC(C)N(C)S(=O)(=O)NCCCCCO. The molecule has 0 aromatic carbocycles. The summed E-state index contributed by atoms with van der Waals surface area (Å²) in [5.74, 6) is 0. The average molecular weight is 238 g/mol. The van der Waals surface area contributed by atoms with Crippen LogP contribution >= 0.6 is 0 Å². The van der Waals surface area contributed by atoms with Gasteiger partial charge in [-0.25, -0.2) is 4.72 Å². The summed E-state index contributed by atoms with van der Waals surface area (Å²) in [6.07, 6.45) is 2.32. The minimum absolute atomic E-state index is 0.0417. The first kappa shape index (κ1) is 14.8. The van der Waals surface area contributed by atoms with E-state index in [4.69, 9.17) is 5.11 Å². The Morgan fingerprint density at radius 3 is 2.33 bits per heavy atom. The number of hydrogen-bond donors (Lipinski definition) is 2. The Morgan fingerprint density at radius 1 is 1.27 bits per heavy atom. The maximum Gasteiger partial charge on any atom is 0.279 e. The molecule has 15 heavy (non-hydrogen) atoms. The molecule has 0 aromatic rings. The van der Waals surface area contributed by atoms with Gasteiger partial charge in [0.05, 0.1) is 0 Å². The van der Waals surface area contributed by atoms with Crippen LogP contribution in [-0.4, -0.2) is 44.1 Å². The van der Waals surface area contributed by atoms with Crippen LogP contribution in [0, 0.1) is 0 Å². The zero-order chi connectivity index (χ0) is 11.9. The Morgan fingerprint density at radius 2 is 1.87 bits per heavy atom. The lowest BCUT2D eigenvalue weighted by molar-refractivity contribution is 0.283. The average Bonchev–Trinajstić information content (AvgIpc) is 2.16. The molecule has 0 atom stereocenters. The Kier molecular flexibility index (Phi) is 7.08. The van der Waals surface area contributed by atoms with E-state index in [1.54, 1.807) is 7.05 Å². The molecule has 0 saturated heterocycles. The quantitative estimate of drug-likeness (QED) is 0.598. The van der Waals surface area contributed by atoms with Gasteiger partial charge in [0.25, 0.3) is 10.2 Å². The molecule has 92 valence electrons. The van der Waals surface area contributed by atoms with Crippen LogP contribution in [0.3, 0.4) is 0 Å². The second-order valence-corrected chi connectivity index (χ2v) is 5.61. The predicted molar refractivity (Wildman–Crippen MR) is 60.8 cm³/mol. The van der Waals surface area contributed by atoms with Crippen LogP contribution in [0.5, 0.6) is 0 Å². The van der Waals surface area contributed by atoms with Crippen LogP contribution in [0.15, 0.2) is 0 Å². The number of aliphatic hydroxyl groups is 1. The van der Waals surface area contributed by atoms with Gasteiger partial charge >= 0.3 is 0 Å².